The zero-order valence-electron chi connectivity index (χ0n) is 19.1. The van der Waals surface area contributed by atoms with E-state index in [2.05, 4.69) is 19.1 Å². The quantitative estimate of drug-likeness (QED) is 0.0927. The van der Waals surface area contributed by atoms with Gasteiger partial charge in [-0.05, 0) is 32.1 Å². The van der Waals surface area contributed by atoms with E-state index in [1.807, 2.05) is 0 Å². The van der Waals surface area contributed by atoms with E-state index in [0.717, 1.165) is 6.42 Å². The fourth-order valence-electron chi connectivity index (χ4n) is 3.72. The summed E-state index contributed by atoms with van der Waals surface area (Å²) < 4.78 is 4.70. The van der Waals surface area contributed by atoms with Crippen molar-refractivity contribution >= 4 is 6.47 Å². The molecular formula is C26H50O2. The average Bonchev–Trinajstić information content (AvgIpc) is 2.71. The number of carbonyl (C=O) groups excluding carboxylic acids is 1. The van der Waals surface area contributed by atoms with Gasteiger partial charge in [-0.3, -0.25) is 4.79 Å². The van der Waals surface area contributed by atoms with Crippen LogP contribution in [0.4, 0.5) is 0 Å². The van der Waals surface area contributed by atoms with Gasteiger partial charge in [0, 0.05) is 0 Å². The van der Waals surface area contributed by atoms with Crippen LogP contribution in [0.3, 0.4) is 0 Å². The second kappa shape index (κ2) is 26.2. The van der Waals surface area contributed by atoms with E-state index in [1.165, 1.54) is 128 Å². The SMILES string of the molecule is CCCCCCCCC=CCCCCCCCCCCCCCCCOC=O. The van der Waals surface area contributed by atoms with Crippen LogP contribution in [0, 0.1) is 0 Å². The molecule has 0 radical (unpaired) electrons. The van der Waals surface area contributed by atoms with Gasteiger partial charge in [0.25, 0.3) is 6.47 Å². The van der Waals surface area contributed by atoms with Crippen LogP contribution in [-0.4, -0.2) is 13.1 Å². The Morgan fingerprint density at radius 2 is 0.857 bits per heavy atom. The molecule has 0 rings (SSSR count). The minimum absolute atomic E-state index is 0.551. The first kappa shape index (κ1) is 27.2. The summed E-state index contributed by atoms with van der Waals surface area (Å²) in [7, 11) is 0. The molecule has 0 amide bonds. The zero-order valence-corrected chi connectivity index (χ0v) is 19.1. The lowest BCUT2D eigenvalue weighted by atomic mass is 10.0. The van der Waals surface area contributed by atoms with Gasteiger partial charge in [-0.1, -0.05) is 122 Å². The minimum Gasteiger partial charge on any atom is -0.468 e. The Kier molecular flexibility index (Phi) is 25.5. The molecular weight excluding hydrogens is 344 g/mol. The van der Waals surface area contributed by atoms with Crippen LogP contribution in [-0.2, 0) is 9.53 Å². The van der Waals surface area contributed by atoms with Crippen molar-refractivity contribution in [2.75, 3.05) is 6.61 Å². The first-order valence-corrected chi connectivity index (χ1v) is 12.6. The van der Waals surface area contributed by atoms with Gasteiger partial charge in [0.05, 0.1) is 6.61 Å². The van der Waals surface area contributed by atoms with Crippen LogP contribution in [0.2, 0.25) is 0 Å². The molecule has 0 N–H and O–H groups in total. The van der Waals surface area contributed by atoms with Crippen LogP contribution in [0.25, 0.3) is 0 Å². The highest BCUT2D eigenvalue weighted by Crippen LogP contribution is 2.13. The molecule has 2 nitrogen and oxygen atoms in total. The zero-order chi connectivity index (χ0) is 20.4. The largest absolute Gasteiger partial charge is 0.468 e. The van der Waals surface area contributed by atoms with Crippen molar-refractivity contribution in [3.05, 3.63) is 12.2 Å². The Bertz CT molecular complexity index is 312. The predicted octanol–water partition coefficient (Wildman–Crippen LogP) is 8.93. The maximum Gasteiger partial charge on any atom is 0.293 e. The summed E-state index contributed by atoms with van der Waals surface area (Å²) >= 11 is 0. The summed E-state index contributed by atoms with van der Waals surface area (Å²) in [5.41, 5.74) is 0. The predicted molar refractivity (Wildman–Crippen MR) is 124 cm³/mol. The van der Waals surface area contributed by atoms with Gasteiger partial charge in [-0.2, -0.15) is 0 Å². The van der Waals surface area contributed by atoms with Crippen LogP contribution < -0.4 is 0 Å². The van der Waals surface area contributed by atoms with Crippen molar-refractivity contribution in [1.82, 2.24) is 0 Å². The van der Waals surface area contributed by atoms with Gasteiger partial charge in [0.1, 0.15) is 0 Å². The third kappa shape index (κ3) is 25.2. The van der Waals surface area contributed by atoms with Gasteiger partial charge in [0.2, 0.25) is 0 Å². The molecule has 0 bridgehead atoms. The standard InChI is InChI=1S/C26H50O2/c1-2-3-4-5-6-7-8-9-10-11-12-13-14-15-16-17-18-19-20-21-22-23-24-25-28-26-27/h9-10,26H,2-8,11-25H2,1H3. The van der Waals surface area contributed by atoms with Crippen molar-refractivity contribution in [2.24, 2.45) is 0 Å². The number of hydrogen-bond acceptors (Lipinski definition) is 2. The van der Waals surface area contributed by atoms with Crippen LogP contribution in [0.15, 0.2) is 12.2 Å². The van der Waals surface area contributed by atoms with Gasteiger partial charge >= 0.3 is 0 Å². The molecule has 28 heavy (non-hydrogen) atoms. The summed E-state index contributed by atoms with van der Waals surface area (Å²) in [4.78, 5) is 10.0. The molecule has 0 unspecified atom stereocenters. The number of unbranched alkanes of at least 4 members (excludes halogenated alkanes) is 19. The topological polar surface area (TPSA) is 26.3 Å². The summed E-state index contributed by atoms with van der Waals surface area (Å²) in [5, 5.41) is 0. The fraction of sp³-hybridized carbons (Fsp3) is 0.885. The molecule has 0 aromatic rings. The number of hydrogen-bond donors (Lipinski definition) is 0. The first-order valence-electron chi connectivity index (χ1n) is 12.6. The molecule has 0 spiro atoms. The van der Waals surface area contributed by atoms with Crippen molar-refractivity contribution in [2.45, 2.75) is 142 Å². The molecule has 0 saturated carbocycles. The molecule has 0 atom stereocenters. The van der Waals surface area contributed by atoms with E-state index in [0.29, 0.717) is 13.1 Å². The van der Waals surface area contributed by atoms with E-state index < -0.39 is 0 Å². The van der Waals surface area contributed by atoms with Gasteiger partial charge < -0.3 is 4.74 Å². The highest BCUT2D eigenvalue weighted by Gasteiger charge is 1.94. The number of allylic oxidation sites excluding steroid dienone is 2. The third-order valence-electron chi connectivity index (χ3n) is 5.59. The van der Waals surface area contributed by atoms with Crippen LogP contribution >= 0.6 is 0 Å². The maximum absolute atomic E-state index is 10.0. The van der Waals surface area contributed by atoms with Gasteiger partial charge in [-0.15, -0.1) is 0 Å². The maximum atomic E-state index is 10.0. The van der Waals surface area contributed by atoms with Crippen LogP contribution in [0.5, 0.6) is 0 Å². The van der Waals surface area contributed by atoms with E-state index >= 15 is 0 Å². The molecule has 166 valence electrons. The average molecular weight is 395 g/mol. The summed E-state index contributed by atoms with van der Waals surface area (Å²) in [6, 6.07) is 0. The summed E-state index contributed by atoms with van der Waals surface area (Å²) in [5.74, 6) is 0. The normalized spacial score (nSPS) is 11.3. The Hall–Kier alpha value is -0.790. The lowest BCUT2D eigenvalue weighted by Gasteiger charge is -2.03. The monoisotopic (exact) mass is 394 g/mol. The molecule has 0 fully saturated rings. The van der Waals surface area contributed by atoms with Crippen molar-refractivity contribution in [3.63, 3.8) is 0 Å². The van der Waals surface area contributed by atoms with E-state index in [-0.39, 0.29) is 0 Å². The second-order valence-corrected chi connectivity index (χ2v) is 8.38. The Morgan fingerprint density at radius 3 is 1.25 bits per heavy atom. The van der Waals surface area contributed by atoms with Gasteiger partial charge in [-0.25, -0.2) is 0 Å². The Balaban J connectivity index is 3.04. The number of rotatable bonds is 24. The molecule has 0 aliphatic carbocycles. The minimum atomic E-state index is 0.551. The molecule has 0 aromatic carbocycles. The lowest BCUT2D eigenvalue weighted by molar-refractivity contribution is -0.128. The van der Waals surface area contributed by atoms with Crippen molar-refractivity contribution < 1.29 is 9.53 Å². The highest BCUT2D eigenvalue weighted by molar-refractivity contribution is 5.36. The molecule has 2 heteroatoms. The highest BCUT2D eigenvalue weighted by atomic mass is 16.5. The third-order valence-corrected chi connectivity index (χ3v) is 5.59. The van der Waals surface area contributed by atoms with Crippen molar-refractivity contribution in [1.29, 1.82) is 0 Å². The molecule has 0 heterocycles. The van der Waals surface area contributed by atoms with E-state index in [9.17, 15) is 4.79 Å². The summed E-state index contributed by atoms with van der Waals surface area (Å²) in [6.45, 7) is 3.43. The fourth-order valence-corrected chi connectivity index (χ4v) is 3.72. The second-order valence-electron chi connectivity index (χ2n) is 8.38. The lowest BCUT2D eigenvalue weighted by Crippen LogP contribution is -1.91. The van der Waals surface area contributed by atoms with E-state index in [4.69, 9.17) is 4.74 Å². The van der Waals surface area contributed by atoms with Crippen molar-refractivity contribution in [3.8, 4) is 0 Å². The number of carbonyl (C=O) groups is 1. The molecule has 0 saturated heterocycles. The summed E-state index contributed by atoms with van der Waals surface area (Å²) in [6.07, 6.45) is 33.4. The Morgan fingerprint density at radius 1 is 0.500 bits per heavy atom. The smallest absolute Gasteiger partial charge is 0.293 e. The molecule has 0 aromatic heterocycles. The number of ether oxygens (including phenoxy) is 1. The van der Waals surface area contributed by atoms with E-state index in [1.54, 1.807) is 0 Å². The first-order chi connectivity index (χ1) is 13.9. The van der Waals surface area contributed by atoms with Crippen LogP contribution in [0.1, 0.15) is 142 Å². The molecule has 0 aliphatic rings. The Labute approximate surface area is 176 Å². The molecule has 0 aliphatic heterocycles. The van der Waals surface area contributed by atoms with Gasteiger partial charge in [0.15, 0.2) is 0 Å².